The average molecular weight is 346 g/mol. The Labute approximate surface area is 139 Å². The number of nitrogens with one attached hydrogen (secondary N) is 1. The molecule has 1 amide bonds. The van der Waals surface area contributed by atoms with Crippen LogP contribution in [0.3, 0.4) is 0 Å². The van der Waals surface area contributed by atoms with Crippen molar-refractivity contribution in [3.05, 3.63) is 0 Å². The number of amides is 1. The lowest BCUT2D eigenvalue weighted by Crippen LogP contribution is -2.50. The molecule has 0 spiro atoms. The van der Waals surface area contributed by atoms with Gasteiger partial charge in [-0.05, 0) is 19.9 Å². The third kappa shape index (κ3) is 7.63. The van der Waals surface area contributed by atoms with Gasteiger partial charge in [-0.3, -0.25) is 4.79 Å². The zero-order valence-electron chi connectivity index (χ0n) is 12.9. The van der Waals surface area contributed by atoms with Gasteiger partial charge in [-0.15, -0.1) is 24.8 Å². The van der Waals surface area contributed by atoms with Crippen LogP contribution < -0.4 is 11.1 Å². The fraction of sp³-hybridized carbons (Fsp3) is 0.923. The van der Waals surface area contributed by atoms with E-state index in [0.29, 0.717) is 32.9 Å². The van der Waals surface area contributed by atoms with Gasteiger partial charge in [-0.25, -0.2) is 0 Å². The zero-order chi connectivity index (χ0) is 14.1. The summed E-state index contributed by atoms with van der Waals surface area (Å²) in [6.45, 7) is 4.66. The third-order valence-electron chi connectivity index (χ3n) is 3.78. The van der Waals surface area contributed by atoms with Crippen molar-refractivity contribution in [2.24, 2.45) is 11.1 Å². The van der Waals surface area contributed by atoms with Crippen molar-refractivity contribution in [3.63, 3.8) is 0 Å². The Hall–Kier alpha value is -0.110. The standard InChI is InChI=1S/C13H27N3O3.2ClH/c1-16(7-10-18-2)6-5-15-12(17)13(11-14)3-8-19-9-4-13;;/h3-11,14H2,1-2H3,(H,15,17);2*1H. The lowest BCUT2D eigenvalue weighted by atomic mass is 9.79. The molecule has 0 aromatic heterocycles. The number of halogens is 2. The second kappa shape index (κ2) is 12.4. The van der Waals surface area contributed by atoms with Crippen LogP contribution >= 0.6 is 24.8 Å². The van der Waals surface area contributed by atoms with Crippen molar-refractivity contribution in [3.8, 4) is 0 Å². The summed E-state index contributed by atoms with van der Waals surface area (Å²) in [5.74, 6) is 0.0680. The van der Waals surface area contributed by atoms with Gasteiger partial charge < -0.3 is 25.4 Å². The second-order valence-electron chi connectivity index (χ2n) is 5.15. The Morgan fingerprint density at radius 1 is 1.33 bits per heavy atom. The smallest absolute Gasteiger partial charge is 0.227 e. The number of nitrogens with zero attached hydrogens (tertiary/aromatic N) is 1. The van der Waals surface area contributed by atoms with E-state index in [-0.39, 0.29) is 30.7 Å². The van der Waals surface area contributed by atoms with E-state index in [9.17, 15) is 4.79 Å². The van der Waals surface area contributed by atoms with Crippen molar-refractivity contribution in [1.82, 2.24) is 10.2 Å². The van der Waals surface area contributed by atoms with Crippen LogP contribution in [0.4, 0.5) is 0 Å². The van der Waals surface area contributed by atoms with Gasteiger partial charge in [0.1, 0.15) is 0 Å². The van der Waals surface area contributed by atoms with Gasteiger partial charge in [0.05, 0.1) is 12.0 Å². The lowest BCUT2D eigenvalue weighted by Gasteiger charge is -2.34. The maximum Gasteiger partial charge on any atom is 0.227 e. The van der Waals surface area contributed by atoms with E-state index in [4.69, 9.17) is 15.2 Å². The highest BCUT2D eigenvalue weighted by Crippen LogP contribution is 2.29. The minimum atomic E-state index is -0.427. The predicted molar refractivity (Wildman–Crippen MR) is 88.4 cm³/mol. The molecule has 0 atom stereocenters. The van der Waals surface area contributed by atoms with E-state index in [0.717, 1.165) is 25.9 Å². The molecule has 0 aliphatic carbocycles. The fourth-order valence-electron chi connectivity index (χ4n) is 2.19. The van der Waals surface area contributed by atoms with E-state index in [2.05, 4.69) is 10.2 Å². The van der Waals surface area contributed by atoms with Crippen LogP contribution in [-0.4, -0.2) is 71.0 Å². The van der Waals surface area contributed by atoms with Gasteiger partial charge in [0, 0.05) is 46.5 Å². The van der Waals surface area contributed by atoms with E-state index in [1.165, 1.54) is 0 Å². The Bertz CT molecular complexity index is 277. The number of hydrogen-bond acceptors (Lipinski definition) is 5. The largest absolute Gasteiger partial charge is 0.383 e. The minimum absolute atomic E-state index is 0. The molecule has 3 N–H and O–H groups in total. The summed E-state index contributed by atoms with van der Waals surface area (Å²) >= 11 is 0. The summed E-state index contributed by atoms with van der Waals surface area (Å²) in [6, 6.07) is 0. The van der Waals surface area contributed by atoms with Crippen LogP contribution in [0.25, 0.3) is 0 Å². The number of ether oxygens (including phenoxy) is 2. The van der Waals surface area contributed by atoms with Crippen LogP contribution in [0, 0.1) is 5.41 Å². The summed E-state index contributed by atoms with van der Waals surface area (Å²) in [6.07, 6.45) is 1.43. The van der Waals surface area contributed by atoms with Crippen LogP contribution in [0.1, 0.15) is 12.8 Å². The summed E-state index contributed by atoms with van der Waals surface area (Å²) in [7, 11) is 3.70. The molecule has 0 saturated carbocycles. The summed E-state index contributed by atoms with van der Waals surface area (Å²) in [4.78, 5) is 14.4. The number of carbonyl (C=O) groups excluding carboxylic acids is 1. The first kappa shape index (κ1) is 23.2. The highest BCUT2D eigenvalue weighted by molar-refractivity contribution is 5.85. The number of likely N-dealkylation sites (N-methyl/N-ethyl adjacent to an activating group) is 1. The molecule has 1 aliphatic heterocycles. The Kier molecular flexibility index (Phi) is 13.7. The molecule has 1 saturated heterocycles. The van der Waals surface area contributed by atoms with Crippen molar-refractivity contribution >= 4 is 30.7 Å². The molecule has 6 nitrogen and oxygen atoms in total. The molecular weight excluding hydrogens is 317 g/mol. The van der Waals surface area contributed by atoms with Crippen molar-refractivity contribution < 1.29 is 14.3 Å². The number of nitrogens with two attached hydrogens (primary N) is 1. The van der Waals surface area contributed by atoms with E-state index in [1.54, 1.807) is 7.11 Å². The third-order valence-corrected chi connectivity index (χ3v) is 3.78. The normalized spacial score (nSPS) is 16.8. The van der Waals surface area contributed by atoms with Crippen LogP contribution in [0.15, 0.2) is 0 Å². The van der Waals surface area contributed by atoms with E-state index in [1.807, 2.05) is 7.05 Å². The summed E-state index contributed by atoms with van der Waals surface area (Å²) in [5.41, 5.74) is 5.37. The van der Waals surface area contributed by atoms with Gasteiger partial charge in [0.15, 0.2) is 0 Å². The molecule has 1 rings (SSSR count). The van der Waals surface area contributed by atoms with E-state index < -0.39 is 5.41 Å². The average Bonchev–Trinajstić information content (AvgIpc) is 2.45. The molecule has 1 fully saturated rings. The van der Waals surface area contributed by atoms with Gasteiger partial charge in [0.2, 0.25) is 5.91 Å². The maximum atomic E-state index is 12.3. The van der Waals surface area contributed by atoms with Gasteiger partial charge in [0.25, 0.3) is 0 Å². The predicted octanol–water partition coefficient (Wildman–Crippen LogP) is 0.280. The molecule has 128 valence electrons. The van der Waals surface area contributed by atoms with Gasteiger partial charge in [-0.2, -0.15) is 0 Å². The monoisotopic (exact) mass is 345 g/mol. The molecule has 8 heteroatoms. The molecule has 0 aromatic rings. The molecule has 0 unspecified atom stereocenters. The van der Waals surface area contributed by atoms with E-state index >= 15 is 0 Å². The maximum absolute atomic E-state index is 12.3. The molecular formula is C13H29Cl2N3O3. The number of methoxy groups -OCH3 is 1. The molecule has 0 radical (unpaired) electrons. The highest BCUT2D eigenvalue weighted by atomic mass is 35.5. The molecule has 0 bridgehead atoms. The second-order valence-corrected chi connectivity index (χ2v) is 5.15. The topological polar surface area (TPSA) is 76.8 Å². The number of carbonyl (C=O) groups is 1. The first-order chi connectivity index (χ1) is 9.14. The van der Waals surface area contributed by atoms with Gasteiger partial charge in [-0.1, -0.05) is 0 Å². The quantitative estimate of drug-likeness (QED) is 0.660. The van der Waals surface area contributed by atoms with Crippen LogP contribution in [0.2, 0.25) is 0 Å². The first-order valence-corrected chi connectivity index (χ1v) is 6.88. The van der Waals surface area contributed by atoms with Crippen molar-refractivity contribution in [2.75, 3.05) is 60.2 Å². The molecule has 1 heterocycles. The van der Waals surface area contributed by atoms with Gasteiger partial charge >= 0.3 is 0 Å². The Morgan fingerprint density at radius 3 is 2.48 bits per heavy atom. The number of rotatable bonds is 8. The van der Waals surface area contributed by atoms with Crippen LogP contribution in [0.5, 0.6) is 0 Å². The minimum Gasteiger partial charge on any atom is -0.383 e. The Balaban J connectivity index is 0. The lowest BCUT2D eigenvalue weighted by molar-refractivity contribution is -0.135. The number of hydrogen-bond donors (Lipinski definition) is 2. The zero-order valence-corrected chi connectivity index (χ0v) is 14.6. The van der Waals surface area contributed by atoms with Crippen LogP contribution in [-0.2, 0) is 14.3 Å². The molecule has 21 heavy (non-hydrogen) atoms. The molecule has 1 aliphatic rings. The highest BCUT2D eigenvalue weighted by Gasteiger charge is 2.38. The first-order valence-electron chi connectivity index (χ1n) is 6.88. The summed E-state index contributed by atoms with van der Waals surface area (Å²) < 4.78 is 10.3. The molecule has 0 aromatic carbocycles. The van der Waals surface area contributed by atoms with Crippen molar-refractivity contribution in [1.29, 1.82) is 0 Å². The summed E-state index contributed by atoms with van der Waals surface area (Å²) in [5, 5.41) is 2.99. The van der Waals surface area contributed by atoms with Crippen molar-refractivity contribution in [2.45, 2.75) is 12.8 Å². The SMILES string of the molecule is COCCN(C)CCNC(=O)C1(CN)CCOCC1.Cl.Cl. The Morgan fingerprint density at radius 2 is 1.95 bits per heavy atom. The fourth-order valence-corrected chi connectivity index (χ4v) is 2.19.